The molecule has 4 nitrogen and oxygen atoms in total. The molecule has 6 heteroatoms. The van der Waals surface area contributed by atoms with Crippen LogP contribution in [0.5, 0.6) is 0 Å². The molecule has 0 bridgehead atoms. The molecule has 0 spiro atoms. The van der Waals surface area contributed by atoms with Gasteiger partial charge in [0.15, 0.2) is 6.61 Å². The van der Waals surface area contributed by atoms with Gasteiger partial charge in [-0.25, -0.2) is 9.18 Å². The van der Waals surface area contributed by atoms with Crippen LogP contribution in [-0.2, 0) is 14.3 Å². The maximum Gasteiger partial charge on any atom is 0.331 e. The predicted octanol–water partition coefficient (Wildman–Crippen LogP) is 4.09. The maximum absolute atomic E-state index is 13.0. The first-order valence-corrected chi connectivity index (χ1v) is 7.90. The zero-order valence-electron chi connectivity index (χ0n) is 12.9. The van der Waals surface area contributed by atoms with E-state index < -0.39 is 24.3 Å². The third-order valence-electron chi connectivity index (χ3n) is 3.01. The van der Waals surface area contributed by atoms with Gasteiger partial charge in [0.2, 0.25) is 0 Å². The molecule has 0 aliphatic heterocycles. The van der Waals surface area contributed by atoms with Crippen LogP contribution in [0.2, 0.25) is 0 Å². The molecule has 2 rings (SSSR count). The molecule has 0 heterocycles. The average Bonchev–Trinajstić information content (AvgIpc) is 2.52. The highest BCUT2D eigenvalue weighted by Gasteiger charge is 2.06. The van der Waals surface area contributed by atoms with Gasteiger partial charge in [0.1, 0.15) is 5.82 Å². The number of amides is 1. The second kappa shape index (κ2) is 8.40. The van der Waals surface area contributed by atoms with E-state index in [1.54, 1.807) is 6.08 Å². The van der Waals surface area contributed by atoms with Gasteiger partial charge in [0.05, 0.1) is 0 Å². The van der Waals surface area contributed by atoms with Crippen molar-refractivity contribution in [2.75, 3.05) is 11.9 Å². The summed E-state index contributed by atoms with van der Waals surface area (Å²) in [6.45, 7) is 1.51. The zero-order chi connectivity index (χ0) is 17.5. The molecule has 0 atom stereocenters. The van der Waals surface area contributed by atoms with E-state index in [2.05, 4.69) is 21.2 Å². The van der Waals surface area contributed by atoms with Crippen molar-refractivity contribution in [2.24, 2.45) is 0 Å². The van der Waals surface area contributed by atoms with Crippen molar-refractivity contribution in [2.45, 2.75) is 6.92 Å². The minimum absolute atomic E-state index is 0.301. The van der Waals surface area contributed by atoms with Gasteiger partial charge in [-0.2, -0.15) is 0 Å². The zero-order valence-corrected chi connectivity index (χ0v) is 14.5. The van der Waals surface area contributed by atoms with E-state index in [9.17, 15) is 14.0 Å². The number of hydrogen-bond acceptors (Lipinski definition) is 3. The van der Waals surface area contributed by atoms with E-state index in [4.69, 9.17) is 4.74 Å². The fourth-order valence-electron chi connectivity index (χ4n) is 1.87. The smallest absolute Gasteiger partial charge is 0.331 e. The molecule has 2 aromatic carbocycles. The number of carbonyl (C=O) groups excluding carboxylic acids is 2. The minimum Gasteiger partial charge on any atom is -0.452 e. The van der Waals surface area contributed by atoms with Crippen molar-refractivity contribution in [3.05, 3.63) is 70.0 Å². The highest BCUT2D eigenvalue weighted by Crippen LogP contribution is 2.19. The van der Waals surface area contributed by atoms with Gasteiger partial charge < -0.3 is 10.1 Å². The average molecular weight is 392 g/mol. The summed E-state index contributed by atoms with van der Waals surface area (Å²) < 4.78 is 18.7. The molecule has 0 saturated heterocycles. The second-order valence-corrected chi connectivity index (χ2v) is 5.88. The van der Waals surface area contributed by atoms with E-state index in [1.807, 2.05) is 25.1 Å². The molecule has 124 valence electrons. The van der Waals surface area contributed by atoms with E-state index in [0.29, 0.717) is 5.69 Å². The van der Waals surface area contributed by atoms with Crippen LogP contribution in [0.1, 0.15) is 11.1 Å². The van der Waals surface area contributed by atoms with Gasteiger partial charge in [0.25, 0.3) is 5.91 Å². The summed E-state index contributed by atoms with van der Waals surface area (Å²) in [5, 5.41) is 2.44. The molecule has 0 aromatic heterocycles. The second-order valence-electron chi connectivity index (χ2n) is 5.02. The first-order chi connectivity index (χ1) is 11.4. The summed E-state index contributed by atoms with van der Waals surface area (Å²) >= 11 is 3.40. The maximum atomic E-state index is 13.0. The topological polar surface area (TPSA) is 55.4 Å². The Morgan fingerprint density at radius 2 is 2.04 bits per heavy atom. The van der Waals surface area contributed by atoms with Crippen molar-refractivity contribution in [1.29, 1.82) is 0 Å². The standard InChI is InChI=1S/C18H15BrFNO3/c1-12-5-6-13(16(19)9-12)7-8-18(23)24-11-17(22)21-15-4-2-3-14(20)10-15/h2-10H,11H2,1H3,(H,21,22)/b8-7+. The van der Waals surface area contributed by atoms with Crippen LogP contribution in [0.25, 0.3) is 6.08 Å². The largest absolute Gasteiger partial charge is 0.452 e. The Hall–Kier alpha value is -2.47. The Morgan fingerprint density at radius 1 is 1.25 bits per heavy atom. The number of nitrogens with one attached hydrogen (secondary N) is 1. The first kappa shape index (κ1) is 17.9. The molecule has 0 aliphatic rings. The highest BCUT2D eigenvalue weighted by atomic mass is 79.9. The van der Waals surface area contributed by atoms with Crippen LogP contribution in [0.4, 0.5) is 10.1 Å². The normalized spacial score (nSPS) is 10.6. The van der Waals surface area contributed by atoms with Gasteiger partial charge in [-0.3, -0.25) is 4.79 Å². The lowest BCUT2D eigenvalue weighted by Gasteiger charge is -2.05. The number of benzene rings is 2. The SMILES string of the molecule is Cc1ccc(/C=C/C(=O)OCC(=O)Nc2cccc(F)c2)c(Br)c1. The van der Waals surface area contributed by atoms with Crippen LogP contribution >= 0.6 is 15.9 Å². The molecule has 0 aliphatic carbocycles. The number of hydrogen-bond donors (Lipinski definition) is 1. The molecule has 0 fully saturated rings. The number of rotatable bonds is 5. The summed E-state index contributed by atoms with van der Waals surface area (Å²) in [6.07, 6.45) is 2.83. The first-order valence-electron chi connectivity index (χ1n) is 7.10. The number of esters is 1. The summed E-state index contributed by atoms with van der Waals surface area (Å²) in [6, 6.07) is 11.2. The lowest BCUT2D eigenvalue weighted by Crippen LogP contribution is -2.20. The fourth-order valence-corrected chi connectivity index (χ4v) is 2.50. The van der Waals surface area contributed by atoms with Crippen LogP contribution in [0, 0.1) is 12.7 Å². The van der Waals surface area contributed by atoms with Gasteiger partial charge in [-0.1, -0.05) is 34.1 Å². The van der Waals surface area contributed by atoms with Gasteiger partial charge >= 0.3 is 5.97 Å². The van der Waals surface area contributed by atoms with E-state index in [1.165, 1.54) is 30.3 Å². The van der Waals surface area contributed by atoms with Crippen LogP contribution in [0.15, 0.2) is 53.0 Å². The van der Waals surface area contributed by atoms with E-state index in [-0.39, 0.29) is 0 Å². The summed E-state index contributed by atoms with van der Waals surface area (Å²) in [4.78, 5) is 23.3. The van der Waals surface area contributed by atoms with Crippen molar-refractivity contribution in [1.82, 2.24) is 0 Å². The minimum atomic E-state index is -0.642. The molecular formula is C18H15BrFNO3. The van der Waals surface area contributed by atoms with Gasteiger partial charge in [0, 0.05) is 16.2 Å². The Balaban J connectivity index is 1.84. The fraction of sp³-hybridized carbons (Fsp3) is 0.111. The molecule has 0 saturated carbocycles. The third-order valence-corrected chi connectivity index (χ3v) is 3.70. The Kier molecular flexibility index (Phi) is 6.26. The van der Waals surface area contributed by atoms with Crippen LogP contribution in [-0.4, -0.2) is 18.5 Å². The molecule has 2 aromatic rings. The number of aryl methyl sites for hydroxylation is 1. The number of ether oxygens (including phenoxy) is 1. The molecular weight excluding hydrogens is 377 g/mol. The van der Waals surface area contributed by atoms with Crippen LogP contribution in [0.3, 0.4) is 0 Å². The monoisotopic (exact) mass is 391 g/mol. The highest BCUT2D eigenvalue weighted by molar-refractivity contribution is 9.10. The molecule has 0 unspecified atom stereocenters. The summed E-state index contributed by atoms with van der Waals surface area (Å²) in [7, 11) is 0. The van der Waals surface area contributed by atoms with E-state index in [0.717, 1.165) is 15.6 Å². The Bertz CT molecular complexity index is 790. The molecule has 1 amide bonds. The number of anilines is 1. The summed E-state index contributed by atoms with van der Waals surface area (Å²) in [5.41, 5.74) is 2.22. The Labute approximate surface area is 147 Å². The predicted molar refractivity (Wildman–Crippen MR) is 93.9 cm³/mol. The van der Waals surface area contributed by atoms with Crippen molar-refractivity contribution < 1.29 is 18.7 Å². The van der Waals surface area contributed by atoms with Crippen LogP contribution < -0.4 is 5.32 Å². The lowest BCUT2D eigenvalue weighted by molar-refractivity contribution is -0.142. The number of carbonyl (C=O) groups is 2. The molecule has 0 radical (unpaired) electrons. The van der Waals surface area contributed by atoms with Crippen molar-refractivity contribution in [3.63, 3.8) is 0 Å². The quantitative estimate of drug-likeness (QED) is 0.616. The molecule has 24 heavy (non-hydrogen) atoms. The van der Waals surface area contributed by atoms with Crippen molar-refractivity contribution in [3.8, 4) is 0 Å². The van der Waals surface area contributed by atoms with Crippen molar-refractivity contribution >= 4 is 39.6 Å². The molecule has 1 N–H and O–H groups in total. The Morgan fingerprint density at radius 3 is 2.75 bits per heavy atom. The third kappa shape index (κ3) is 5.62. The lowest BCUT2D eigenvalue weighted by atomic mass is 10.1. The van der Waals surface area contributed by atoms with Gasteiger partial charge in [-0.05, 0) is 48.4 Å². The summed E-state index contributed by atoms with van der Waals surface area (Å²) in [5.74, 6) is -1.65. The van der Waals surface area contributed by atoms with E-state index >= 15 is 0 Å². The van der Waals surface area contributed by atoms with Gasteiger partial charge in [-0.15, -0.1) is 0 Å². The number of halogens is 2.